The molecule has 0 radical (unpaired) electrons. The quantitative estimate of drug-likeness (QED) is 0.867. The zero-order chi connectivity index (χ0) is 13.8. The first-order valence-corrected chi connectivity index (χ1v) is 6.25. The number of nitrogens with zero attached hydrogens (tertiary/aromatic N) is 1. The third kappa shape index (κ3) is 2.50. The summed E-state index contributed by atoms with van der Waals surface area (Å²) >= 11 is 0. The number of H-pyrrole nitrogens is 1. The molecule has 19 heavy (non-hydrogen) atoms. The number of rotatable bonds is 5. The lowest BCUT2D eigenvalue weighted by molar-refractivity contribution is 0.400. The Morgan fingerprint density at radius 3 is 2.42 bits per heavy atom. The number of nitrogen functional groups attached to an aromatic ring is 1. The van der Waals surface area contributed by atoms with Gasteiger partial charge in [0.2, 0.25) is 0 Å². The Kier molecular flexibility index (Phi) is 3.94. The van der Waals surface area contributed by atoms with Crippen LogP contribution in [0.15, 0.2) is 18.3 Å². The van der Waals surface area contributed by atoms with Gasteiger partial charge in [0, 0.05) is 11.1 Å². The van der Waals surface area contributed by atoms with Gasteiger partial charge in [0.15, 0.2) is 0 Å². The van der Waals surface area contributed by atoms with Crippen LogP contribution in [0, 0.1) is 0 Å². The molecule has 0 unspecified atom stereocenters. The maximum absolute atomic E-state index is 5.87. The molecule has 0 amide bonds. The highest BCUT2D eigenvalue weighted by atomic mass is 16.5. The van der Waals surface area contributed by atoms with E-state index >= 15 is 0 Å². The Bertz CT molecular complexity index is 564. The van der Waals surface area contributed by atoms with E-state index in [1.807, 2.05) is 12.1 Å². The van der Waals surface area contributed by atoms with Crippen molar-refractivity contribution in [3.63, 3.8) is 0 Å². The molecule has 0 bridgehead atoms. The maximum Gasteiger partial charge on any atom is 0.127 e. The van der Waals surface area contributed by atoms with Crippen LogP contribution in [-0.2, 0) is 6.42 Å². The van der Waals surface area contributed by atoms with Gasteiger partial charge in [-0.25, -0.2) is 0 Å². The number of hydrogen-bond donors (Lipinski definition) is 2. The van der Waals surface area contributed by atoms with Crippen LogP contribution >= 0.6 is 0 Å². The summed E-state index contributed by atoms with van der Waals surface area (Å²) in [6.45, 7) is 2.13. The summed E-state index contributed by atoms with van der Waals surface area (Å²) in [6.07, 6.45) is 3.68. The van der Waals surface area contributed by atoms with Gasteiger partial charge in [0.1, 0.15) is 17.3 Å². The van der Waals surface area contributed by atoms with Crippen LogP contribution in [0.3, 0.4) is 0 Å². The second-order valence-electron chi connectivity index (χ2n) is 4.31. The van der Waals surface area contributed by atoms with Gasteiger partial charge in [-0.2, -0.15) is 5.10 Å². The molecule has 1 aromatic heterocycles. The standard InChI is InChI=1S/C14H19N3O2/c1-4-5-9-6-13(19-3)10(7-12(9)18-2)11-8-16-17-14(11)15/h6-8H,4-5H2,1-3H3,(H3,15,16,17). The predicted octanol–water partition coefficient (Wildman–Crippen LogP) is 2.63. The molecule has 1 aromatic carbocycles. The first-order valence-electron chi connectivity index (χ1n) is 6.25. The van der Waals surface area contributed by atoms with E-state index in [1.54, 1.807) is 20.4 Å². The van der Waals surface area contributed by atoms with E-state index in [4.69, 9.17) is 15.2 Å². The topological polar surface area (TPSA) is 73.2 Å². The Hall–Kier alpha value is -2.17. The third-order valence-electron chi connectivity index (χ3n) is 3.08. The van der Waals surface area contributed by atoms with Gasteiger partial charge < -0.3 is 15.2 Å². The fourth-order valence-electron chi connectivity index (χ4n) is 2.15. The monoisotopic (exact) mass is 261 g/mol. The minimum Gasteiger partial charge on any atom is -0.496 e. The summed E-state index contributed by atoms with van der Waals surface area (Å²) in [5.41, 5.74) is 8.70. The lowest BCUT2D eigenvalue weighted by Crippen LogP contribution is -1.97. The van der Waals surface area contributed by atoms with E-state index in [-0.39, 0.29) is 0 Å². The molecule has 2 rings (SSSR count). The Morgan fingerprint density at radius 1 is 1.16 bits per heavy atom. The molecule has 1 heterocycles. The van der Waals surface area contributed by atoms with Crippen LogP contribution < -0.4 is 15.2 Å². The maximum atomic E-state index is 5.87. The molecule has 0 spiro atoms. The number of ether oxygens (including phenoxy) is 2. The van der Waals surface area contributed by atoms with Crippen LogP contribution in [0.1, 0.15) is 18.9 Å². The number of aromatic amines is 1. The van der Waals surface area contributed by atoms with Gasteiger partial charge >= 0.3 is 0 Å². The third-order valence-corrected chi connectivity index (χ3v) is 3.08. The predicted molar refractivity (Wildman–Crippen MR) is 75.5 cm³/mol. The van der Waals surface area contributed by atoms with Gasteiger partial charge in [-0.3, -0.25) is 5.10 Å². The summed E-state index contributed by atoms with van der Waals surface area (Å²) in [7, 11) is 3.32. The highest BCUT2D eigenvalue weighted by Crippen LogP contribution is 2.38. The van der Waals surface area contributed by atoms with Crippen molar-refractivity contribution in [3.05, 3.63) is 23.9 Å². The minimum atomic E-state index is 0.517. The van der Waals surface area contributed by atoms with Crippen LogP contribution in [0.5, 0.6) is 11.5 Å². The molecule has 2 aromatic rings. The highest BCUT2D eigenvalue weighted by Gasteiger charge is 2.15. The number of aryl methyl sites for hydroxylation is 1. The zero-order valence-electron chi connectivity index (χ0n) is 11.5. The number of hydrogen-bond acceptors (Lipinski definition) is 4. The fraction of sp³-hybridized carbons (Fsp3) is 0.357. The van der Waals surface area contributed by atoms with Gasteiger partial charge in [0.25, 0.3) is 0 Å². The first kappa shape index (κ1) is 13.3. The first-order chi connectivity index (χ1) is 9.21. The molecule has 102 valence electrons. The van der Waals surface area contributed by atoms with Gasteiger partial charge in [-0.1, -0.05) is 13.3 Å². The summed E-state index contributed by atoms with van der Waals surface area (Å²) < 4.78 is 10.9. The molecule has 5 heteroatoms. The lowest BCUT2D eigenvalue weighted by Gasteiger charge is -2.14. The second-order valence-corrected chi connectivity index (χ2v) is 4.31. The molecule has 0 saturated heterocycles. The molecular formula is C14H19N3O2. The van der Waals surface area contributed by atoms with E-state index in [9.17, 15) is 0 Å². The Morgan fingerprint density at radius 2 is 1.89 bits per heavy atom. The van der Waals surface area contributed by atoms with Crippen molar-refractivity contribution >= 4 is 5.82 Å². The zero-order valence-corrected chi connectivity index (χ0v) is 11.5. The van der Waals surface area contributed by atoms with Crippen LogP contribution in [0.2, 0.25) is 0 Å². The Labute approximate surface area is 112 Å². The van der Waals surface area contributed by atoms with E-state index in [0.717, 1.165) is 41.0 Å². The number of nitrogens with one attached hydrogen (secondary N) is 1. The van der Waals surface area contributed by atoms with Crippen LogP contribution in [0.25, 0.3) is 11.1 Å². The minimum absolute atomic E-state index is 0.517. The second kappa shape index (κ2) is 5.65. The van der Waals surface area contributed by atoms with Crippen molar-refractivity contribution in [2.45, 2.75) is 19.8 Å². The number of methoxy groups -OCH3 is 2. The molecule has 0 aliphatic rings. The van der Waals surface area contributed by atoms with Gasteiger partial charge in [0.05, 0.1) is 20.4 Å². The smallest absolute Gasteiger partial charge is 0.127 e. The SMILES string of the molecule is CCCc1cc(OC)c(-c2cn[nH]c2N)cc1OC. The molecule has 0 aliphatic heterocycles. The largest absolute Gasteiger partial charge is 0.496 e. The van der Waals surface area contributed by atoms with E-state index in [2.05, 4.69) is 17.1 Å². The summed E-state index contributed by atoms with van der Waals surface area (Å²) in [5, 5.41) is 6.67. The normalized spacial score (nSPS) is 10.5. The molecule has 3 N–H and O–H groups in total. The number of nitrogens with two attached hydrogens (primary N) is 1. The van der Waals surface area contributed by atoms with Crippen molar-refractivity contribution < 1.29 is 9.47 Å². The average Bonchev–Trinajstić information content (AvgIpc) is 2.84. The molecule has 0 saturated carbocycles. The highest BCUT2D eigenvalue weighted by molar-refractivity contribution is 5.79. The molecule has 0 fully saturated rings. The molecule has 5 nitrogen and oxygen atoms in total. The molecule has 0 aliphatic carbocycles. The van der Waals surface area contributed by atoms with Crippen molar-refractivity contribution in [1.82, 2.24) is 10.2 Å². The van der Waals surface area contributed by atoms with E-state index < -0.39 is 0 Å². The number of anilines is 1. The van der Waals surface area contributed by atoms with Crippen molar-refractivity contribution in [1.29, 1.82) is 0 Å². The fourth-order valence-corrected chi connectivity index (χ4v) is 2.15. The lowest BCUT2D eigenvalue weighted by atomic mass is 10.0. The summed E-state index contributed by atoms with van der Waals surface area (Å²) in [6, 6.07) is 3.95. The van der Waals surface area contributed by atoms with Crippen LogP contribution in [0.4, 0.5) is 5.82 Å². The Balaban J connectivity index is 2.57. The number of benzene rings is 1. The van der Waals surface area contributed by atoms with Crippen molar-refractivity contribution in [3.8, 4) is 22.6 Å². The van der Waals surface area contributed by atoms with E-state index in [0.29, 0.717) is 5.82 Å². The van der Waals surface area contributed by atoms with Gasteiger partial charge in [-0.15, -0.1) is 0 Å². The van der Waals surface area contributed by atoms with Crippen molar-refractivity contribution in [2.75, 3.05) is 20.0 Å². The molecule has 0 atom stereocenters. The average molecular weight is 261 g/mol. The number of aromatic nitrogens is 2. The van der Waals surface area contributed by atoms with Gasteiger partial charge in [-0.05, 0) is 24.1 Å². The van der Waals surface area contributed by atoms with Crippen molar-refractivity contribution in [2.24, 2.45) is 0 Å². The van der Waals surface area contributed by atoms with E-state index in [1.165, 1.54) is 0 Å². The summed E-state index contributed by atoms with van der Waals surface area (Å²) in [4.78, 5) is 0. The summed E-state index contributed by atoms with van der Waals surface area (Å²) in [5.74, 6) is 2.14. The molecular weight excluding hydrogens is 242 g/mol. The van der Waals surface area contributed by atoms with Crippen LogP contribution in [-0.4, -0.2) is 24.4 Å².